The molecule has 0 aromatic rings. The van der Waals surface area contributed by atoms with Crippen LogP contribution in [0.2, 0.25) is 0 Å². The molecule has 0 amide bonds. The molecule has 0 aromatic carbocycles. The van der Waals surface area contributed by atoms with Crippen LogP contribution in [0.25, 0.3) is 0 Å². The molecular formula is C6H14N2O3. The maximum Gasteiger partial charge on any atom is 0.508 e. The average molecular weight is 162 g/mol. The number of rotatable bonds is 1. The van der Waals surface area contributed by atoms with Crippen molar-refractivity contribution >= 4 is 6.16 Å². The van der Waals surface area contributed by atoms with Gasteiger partial charge in [0, 0.05) is 19.5 Å². The van der Waals surface area contributed by atoms with Crippen molar-refractivity contribution in [3.05, 3.63) is 0 Å². The van der Waals surface area contributed by atoms with E-state index >= 15 is 0 Å². The fourth-order valence-electron chi connectivity index (χ4n) is 0.412. The fraction of sp³-hybridized carbons (Fsp3) is 0.833. The highest BCUT2D eigenvalue weighted by molar-refractivity contribution is 5.60. The SMILES string of the molecule is NCCN.O=C1OCCCO1. The van der Waals surface area contributed by atoms with Gasteiger partial charge in [-0.2, -0.15) is 0 Å². The Hall–Kier alpha value is -0.810. The minimum absolute atomic E-state index is 0.513. The van der Waals surface area contributed by atoms with Gasteiger partial charge in [0.2, 0.25) is 0 Å². The number of carbonyl (C=O) groups excluding carboxylic acids is 1. The lowest BCUT2D eigenvalue weighted by atomic mass is 10.5. The Morgan fingerprint density at radius 3 is 1.82 bits per heavy atom. The monoisotopic (exact) mass is 162 g/mol. The van der Waals surface area contributed by atoms with Crippen molar-refractivity contribution in [1.29, 1.82) is 0 Å². The van der Waals surface area contributed by atoms with Gasteiger partial charge < -0.3 is 20.9 Å². The van der Waals surface area contributed by atoms with Gasteiger partial charge in [-0.25, -0.2) is 4.79 Å². The van der Waals surface area contributed by atoms with Crippen LogP contribution in [0.1, 0.15) is 6.42 Å². The maximum atomic E-state index is 10.0. The molecule has 1 aliphatic heterocycles. The van der Waals surface area contributed by atoms with E-state index in [1.807, 2.05) is 0 Å². The summed E-state index contributed by atoms with van der Waals surface area (Å²) in [5.74, 6) is 0. The summed E-state index contributed by atoms with van der Waals surface area (Å²) in [4.78, 5) is 10.0. The molecule has 1 rings (SSSR count). The summed E-state index contributed by atoms with van der Waals surface area (Å²) in [7, 11) is 0. The zero-order chi connectivity index (χ0) is 8.53. The van der Waals surface area contributed by atoms with Gasteiger partial charge in [0.25, 0.3) is 0 Å². The molecular weight excluding hydrogens is 148 g/mol. The molecule has 0 spiro atoms. The first-order chi connectivity index (χ1) is 5.31. The van der Waals surface area contributed by atoms with Crippen LogP contribution in [0.5, 0.6) is 0 Å². The van der Waals surface area contributed by atoms with Crippen LogP contribution in [0.15, 0.2) is 0 Å². The first-order valence-corrected chi connectivity index (χ1v) is 3.51. The van der Waals surface area contributed by atoms with E-state index in [1.165, 1.54) is 0 Å². The summed E-state index contributed by atoms with van der Waals surface area (Å²) in [6, 6.07) is 0. The van der Waals surface area contributed by atoms with Crippen molar-refractivity contribution in [1.82, 2.24) is 0 Å². The lowest BCUT2D eigenvalue weighted by Crippen LogP contribution is -2.16. The minimum Gasteiger partial charge on any atom is -0.434 e. The third-order valence-electron chi connectivity index (χ3n) is 0.895. The number of nitrogens with two attached hydrogens (primary N) is 2. The van der Waals surface area contributed by atoms with Gasteiger partial charge in [0.1, 0.15) is 0 Å². The quantitative estimate of drug-likeness (QED) is 0.505. The van der Waals surface area contributed by atoms with Gasteiger partial charge >= 0.3 is 6.16 Å². The molecule has 1 fully saturated rings. The van der Waals surface area contributed by atoms with Crippen LogP contribution in [0, 0.1) is 0 Å². The molecule has 11 heavy (non-hydrogen) atoms. The van der Waals surface area contributed by atoms with Gasteiger partial charge in [-0.3, -0.25) is 0 Å². The molecule has 0 unspecified atom stereocenters. The molecule has 1 saturated heterocycles. The van der Waals surface area contributed by atoms with Crippen molar-refractivity contribution in [3.8, 4) is 0 Å². The van der Waals surface area contributed by atoms with Crippen LogP contribution >= 0.6 is 0 Å². The smallest absolute Gasteiger partial charge is 0.434 e. The zero-order valence-electron chi connectivity index (χ0n) is 6.41. The maximum absolute atomic E-state index is 10.0. The second-order valence-corrected chi connectivity index (χ2v) is 1.88. The van der Waals surface area contributed by atoms with Crippen LogP contribution in [0.3, 0.4) is 0 Å². The van der Waals surface area contributed by atoms with Crippen molar-refractivity contribution in [3.63, 3.8) is 0 Å². The predicted octanol–water partition coefficient (Wildman–Crippen LogP) is -0.553. The Morgan fingerprint density at radius 2 is 1.64 bits per heavy atom. The lowest BCUT2D eigenvalue weighted by molar-refractivity contribution is 0.0192. The number of ether oxygens (including phenoxy) is 2. The van der Waals surface area contributed by atoms with Gasteiger partial charge in [-0.1, -0.05) is 0 Å². The van der Waals surface area contributed by atoms with Crippen molar-refractivity contribution in [2.75, 3.05) is 26.3 Å². The third-order valence-corrected chi connectivity index (χ3v) is 0.895. The predicted molar refractivity (Wildman–Crippen MR) is 40.0 cm³/mol. The Morgan fingerprint density at radius 1 is 1.18 bits per heavy atom. The number of carbonyl (C=O) groups is 1. The summed E-state index contributed by atoms with van der Waals surface area (Å²) in [6.07, 6.45) is 0.289. The van der Waals surface area contributed by atoms with Crippen molar-refractivity contribution < 1.29 is 14.3 Å². The first-order valence-electron chi connectivity index (χ1n) is 3.51. The summed E-state index contributed by atoms with van der Waals surface area (Å²) < 4.78 is 8.83. The molecule has 4 N–H and O–H groups in total. The molecule has 0 saturated carbocycles. The van der Waals surface area contributed by atoms with E-state index in [0.29, 0.717) is 26.3 Å². The topological polar surface area (TPSA) is 87.6 Å². The second kappa shape index (κ2) is 7.30. The molecule has 0 bridgehead atoms. The zero-order valence-corrected chi connectivity index (χ0v) is 6.41. The summed E-state index contributed by atoms with van der Waals surface area (Å²) in [5, 5.41) is 0. The highest BCUT2D eigenvalue weighted by Gasteiger charge is 2.07. The van der Waals surface area contributed by atoms with Crippen LogP contribution in [-0.2, 0) is 9.47 Å². The Bertz CT molecular complexity index is 98.0. The fourth-order valence-corrected chi connectivity index (χ4v) is 0.412. The van der Waals surface area contributed by atoms with Crippen LogP contribution in [0.4, 0.5) is 4.79 Å². The minimum atomic E-state index is -0.536. The van der Waals surface area contributed by atoms with Crippen LogP contribution in [-0.4, -0.2) is 32.5 Å². The van der Waals surface area contributed by atoms with E-state index in [2.05, 4.69) is 9.47 Å². The van der Waals surface area contributed by atoms with E-state index in [4.69, 9.17) is 11.5 Å². The molecule has 1 heterocycles. The highest BCUT2D eigenvalue weighted by Crippen LogP contribution is 1.95. The van der Waals surface area contributed by atoms with Crippen LogP contribution < -0.4 is 11.5 Å². The van der Waals surface area contributed by atoms with Gasteiger partial charge in [-0.05, 0) is 0 Å². The molecule has 0 aromatic heterocycles. The van der Waals surface area contributed by atoms with E-state index in [9.17, 15) is 4.79 Å². The Balaban J connectivity index is 0.000000218. The standard InChI is InChI=1S/C4H6O3.C2H8N2/c5-4-6-2-1-3-7-4;3-1-2-4/h1-3H2;1-4H2. The number of hydrogen-bond donors (Lipinski definition) is 2. The normalized spacial score (nSPS) is 15.6. The second-order valence-electron chi connectivity index (χ2n) is 1.88. The number of hydrogen-bond acceptors (Lipinski definition) is 5. The summed E-state index contributed by atoms with van der Waals surface area (Å²) >= 11 is 0. The third kappa shape index (κ3) is 7.08. The lowest BCUT2D eigenvalue weighted by Gasteiger charge is -2.09. The molecule has 0 aliphatic carbocycles. The molecule has 0 radical (unpaired) electrons. The average Bonchev–Trinajstić information content (AvgIpc) is 2.07. The Labute approximate surface area is 65.6 Å². The largest absolute Gasteiger partial charge is 0.508 e. The first kappa shape index (κ1) is 10.2. The van der Waals surface area contributed by atoms with Crippen molar-refractivity contribution in [2.45, 2.75) is 6.42 Å². The molecule has 0 atom stereocenters. The van der Waals surface area contributed by atoms with Gasteiger partial charge in [0.15, 0.2) is 0 Å². The highest BCUT2D eigenvalue weighted by atomic mass is 16.7. The van der Waals surface area contributed by atoms with E-state index < -0.39 is 6.16 Å². The molecule has 5 heteroatoms. The van der Waals surface area contributed by atoms with Crippen molar-refractivity contribution in [2.24, 2.45) is 11.5 Å². The van der Waals surface area contributed by atoms with Gasteiger partial charge in [-0.15, -0.1) is 0 Å². The van der Waals surface area contributed by atoms with E-state index in [1.54, 1.807) is 0 Å². The summed E-state index contributed by atoms with van der Waals surface area (Å²) in [6.45, 7) is 2.22. The molecule has 1 aliphatic rings. The van der Waals surface area contributed by atoms with E-state index in [0.717, 1.165) is 6.42 Å². The molecule has 66 valence electrons. The van der Waals surface area contributed by atoms with Gasteiger partial charge in [0.05, 0.1) is 13.2 Å². The summed E-state index contributed by atoms with van der Waals surface area (Å²) in [5.41, 5.74) is 9.81. The Kier molecular flexibility index (Phi) is 6.76. The molecule has 5 nitrogen and oxygen atoms in total. The number of cyclic esters (lactones) is 2. The van der Waals surface area contributed by atoms with E-state index in [-0.39, 0.29) is 0 Å².